The molecule has 1 aromatic carbocycles. The summed E-state index contributed by atoms with van der Waals surface area (Å²) >= 11 is 0. The lowest BCUT2D eigenvalue weighted by molar-refractivity contribution is -0.117. The monoisotopic (exact) mass is 258 g/mol. The van der Waals surface area contributed by atoms with Crippen molar-refractivity contribution in [3.8, 4) is 0 Å². The van der Waals surface area contributed by atoms with Gasteiger partial charge in [0, 0.05) is 30.4 Å². The van der Waals surface area contributed by atoms with Gasteiger partial charge in [-0.05, 0) is 12.1 Å². The molecule has 0 saturated carbocycles. The number of para-hydroxylation sites is 1. The first kappa shape index (κ1) is 12.2. The van der Waals surface area contributed by atoms with Crippen molar-refractivity contribution in [2.75, 3.05) is 11.4 Å². The Morgan fingerprint density at radius 2 is 2.16 bits per heavy atom. The van der Waals surface area contributed by atoms with Crippen LogP contribution in [0, 0.1) is 0 Å². The Hall–Kier alpha value is -1.81. The van der Waals surface area contributed by atoms with E-state index in [0.29, 0.717) is 19.0 Å². The van der Waals surface area contributed by atoms with E-state index in [0.717, 1.165) is 16.7 Å². The van der Waals surface area contributed by atoms with Crippen LogP contribution in [0.25, 0.3) is 11.0 Å². The molecule has 0 spiro atoms. The molecule has 0 bridgehead atoms. The fourth-order valence-electron chi connectivity index (χ4n) is 2.70. The Balaban J connectivity index is 1.88. The molecule has 19 heavy (non-hydrogen) atoms. The van der Waals surface area contributed by atoms with Crippen LogP contribution < -0.4 is 10.2 Å². The average molecular weight is 258 g/mol. The summed E-state index contributed by atoms with van der Waals surface area (Å²) in [4.78, 5) is 14.0. The third-order valence-electron chi connectivity index (χ3n) is 3.45. The zero-order valence-electron chi connectivity index (χ0n) is 11.2. The maximum Gasteiger partial charge on any atom is 0.228 e. The number of nitrogens with zero attached hydrogens (tertiary/aromatic N) is 1. The molecule has 100 valence electrons. The highest BCUT2D eigenvalue weighted by atomic mass is 16.3. The highest BCUT2D eigenvalue weighted by Gasteiger charge is 2.32. The quantitative estimate of drug-likeness (QED) is 0.920. The topological polar surface area (TPSA) is 45.5 Å². The van der Waals surface area contributed by atoms with Crippen LogP contribution in [0.15, 0.2) is 34.9 Å². The van der Waals surface area contributed by atoms with Gasteiger partial charge in [-0.3, -0.25) is 4.79 Å². The average Bonchev–Trinajstić information content (AvgIpc) is 2.92. The number of carbonyl (C=O) groups excluding carboxylic acids is 1. The first-order valence-electron chi connectivity index (χ1n) is 6.68. The number of hydrogen-bond acceptors (Lipinski definition) is 3. The lowest BCUT2D eigenvalue weighted by Crippen LogP contribution is -2.37. The Morgan fingerprint density at radius 1 is 1.37 bits per heavy atom. The third kappa shape index (κ3) is 2.24. The number of hydrogen-bond donors (Lipinski definition) is 1. The maximum absolute atomic E-state index is 12.2. The van der Waals surface area contributed by atoms with Gasteiger partial charge in [0.1, 0.15) is 11.8 Å². The molecule has 1 N–H and O–H groups in total. The van der Waals surface area contributed by atoms with Crippen molar-refractivity contribution in [1.82, 2.24) is 5.32 Å². The largest absolute Gasteiger partial charge is 0.462 e. The normalized spacial score (nSPS) is 19.8. The van der Waals surface area contributed by atoms with E-state index in [2.05, 4.69) is 19.2 Å². The SMILES string of the molecule is CC(C)NC1CC(=O)N(c2coc3ccccc23)C1. The second kappa shape index (κ2) is 4.70. The van der Waals surface area contributed by atoms with Crippen LogP contribution in [0.2, 0.25) is 0 Å². The number of carbonyl (C=O) groups is 1. The summed E-state index contributed by atoms with van der Waals surface area (Å²) in [6, 6.07) is 8.42. The van der Waals surface area contributed by atoms with E-state index in [1.807, 2.05) is 29.2 Å². The molecular formula is C15H18N2O2. The van der Waals surface area contributed by atoms with Crippen LogP contribution >= 0.6 is 0 Å². The van der Waals surface area contributed by atoms with Crippen LogP contribution in [0.1, 0.15) is 20.3 Å². The van der Waals surface area contributed by atoms with Crippen molar-refractivity contribution >= 4 is 22.6 Å². The Morgan fingerprint density at radius 3 is 2.95 bits per heavy atom. The van der Waals surface area contributed by atoms with Crippen LogP contribution in [0.5, 0.6) is 0 Å². The zero-order valence-corrected chi connectivity index (χ0v) is 11.2. The predicted octanol–water partition coefficient (Wildman–Crippen LogP) is 2.54. The second-order valence-corrected chi connectivity index (χ2v) is 5.34. The molecule has 1 amide bonds. The van der Waals surface area contributed by atoms with Crippen LogP contribution in [-0.4, -0.2) is 24.5 Å². The van der Waals surface area contributed by atoms with Crippen LogP contribution in [0.4, 0.5) is 5.69 Å². The fraction of sp³-hybridized carbons (Fsp3) is 0.400. The Labute approximate surface area is 112 Å². The molecule has 0 radical (unpaired) electrons. The van der Waals surface area contributed by atoms with Gasteiger partial charge in [-0.15, -0.1) is 0 Å². The summed E-state index contributed by atoms with van der Waals surface area (Å²) in [6.45, 7) is 4.90. The highest BCUT2D eigenvalue weighted by Crippen LogP contribution is 2.31. The summed E-state index contributed by atoms with van der Waals surface area (Å²) in [5.41, 5.74) is 1.71. The van der Waals surface area contributed by atoms with Crippen molar-refractivity contribution in [1.29, 1.82) is 0 Å². The van der Waals surface area contributed by atoms with E-state index in [-0.39, 0.29) is 11.9 Å². The van der Waals surface area contributed by atoms with Gasteiger partial charge in [0.05, 0.1) is 5.69 Å². The van der Waals surface area contributed by atoms with Gasteiger partial charge in [-0.2, -0.15) is 0 Å². The molecule has 4 nitrogen and oxygen atoms in total. The van der Waals surface area contributed by atoms with Crippen LogP contribution in [0.3, 0.4) is 0 Å². The van der Waals surface area contributed by atoms with Gasteiger partial charge in [-0.25, -0.2) is 0 Å². The molecule has 2 aromatic rings. The molecule has 1 unspecified atom stereocenters. The molecular weight excluding hydrogens is 240 g/mol. The van der Waals surface area contributed by atoms with Gasteiger partial charge in [0.2, 0.25) is 5.91 Å². The molecule has 2 heterocycles. The van der Waals surface area contributed by atoms with Gasteiger partial charge in [-0.1, -0.05) is 26.0 Å². The number of nitrogens with one attached hydrogen (secondary N) is 1. The highest BCUT2D eigenvalue weighted by molar-refractivity contribution is 6.04. The van der Waals surface area contributed by atoms with E-state index in [1.165, 1.54) is 0 Å². The third-order valence-corrected chi connectivity index (χ3v) is 3.45. The van der Waals surface area contributed by atoms with E-state index >= 15 is 0 Å². The first-order valence-corrected chi connectivity index (χ1v) is 6.68. The van der Waals surface area contributed by atoms with Crippen LogP contribution in [-0.2, 0) is 4.79 Å². The Bertz CT molecular complexity index is 603. The summed E-state index contributed by atoms with van der Waals surface area (Å²) in [5.74, 6) is 0.157. The van der Waals surface area contributed by atoms with E-state index in [1.54, 1.807) is 6.26 Å². The summed E-state index contributed by atoms with van der Waals surface area (Å²) < 4.78 is 5.51. The van der Waals surface area contributed by atoms with Crippen molar-refractivity contribution in [2.24, 2.45) is 0 Å². The number of rotatable bonds is 3. The van der Waals surface area contributed by atoms with Gasteiger partial charge < -0.3 is 14.6 Å². The van der Waals surface area contributed by atoms with Crippen molar-refractivity contribution in [3.05, 3.63) is 30.5 Å². The van der Waals surface area contributed by atoms with E-state index in [9.17, 15) is 4.79 Å². The molecule has 1 aliphatic rings. The number of amides is 1. The number of anilines is 1. The van der Waals surface area contributed by atoms with Gasteiger partial charge in [0.15, 0.2) is 0 Å². The Kier molecular flexibility index (Phi) is 3.03. The van der Waals surface area contributed by atoms with Gasteiger partial charge in [0.25, 0.3) is 0 Å². The molecule has 1 aromatic heterocycles. The van der Waals surface area contributed by atoms with Crippen molar-refractivity contribution < 1.29 is 9.21 Å². The molecule has 3 rings (SSSR count). The minimum absolute atomic E-state index is 0.157. The van der Waals surface area contributed by atoms with E-state index in [4.69, 9.17) is 4.42 Å². The summed E-state index contributed by atoms with van der Waals surface area (Å²) in [6.07, 6.45) is 2.23. The molecule has 1 fully saturated rings. The zero-order chi connectivity index (χ0) is 13.4. The summed E-state index contributed by atoms with van der Waals surface area (Å²) in [5, 5.41) is 4.42. The molecule has 1 atom stereocenters. The first-order chi connectivity index (χ1) is 9.15. The maximum atomic E-state index is 12.2. The fourth-order valence-corrected chi connectivity index (χ4v) is 2.70. The number of furan rings is 1. The second-order valence-electron chi connectivity index (χ2n) is 5.34. The molecule has 1 saturated heterocycles. The lowest BCUT2D eigenvalue weighted by atomic mass is 10.2. The minimum atomic E-state index is 0.157. The number of fused-ring (bicyclic) bond motifs is 1. The van der Waals surface area contributed by atoms with Gasteiger partial charge >= 0.3 is 0 Å². The minimum Gasteiger partial charge on any atom is -0.462 e. The number of benzene rings is 1. The molecule has 4 heteroatoms. The van der Waals surface area contributed by atoms with Crippen molar-refractivity contribution in [3.63, 3.8) is 0 Å². The van der Waals surface area contributed by atoms with E-state index < -0.39 is 0 Å². The lowest BCUT2D eigenvalue weighted by Gasteiger charge is -2.17. The molecule has 0 aliphatic carbocycles. The molecule has 1 aliphatic heterocycles. The predicted molar refractivity (Wildman–Crippen MR) is 75.2 cm³/mol. The van der Waals surface area contributed by atoms with Crippen molar-refractivity contribution in [2.45, 2.75) is 32.4 Å². The summed E-state index contributed by atoms with van der Waals surface area (Å²) in [7, 11) is 0. The smallest absolute Gasteiger partial charge is 0.228 e. The standard InChI is InChI=1S/C15H18N2O2/c1-10(2)16-11-7-15(18)17(8-11)13-9-19-14-6-4-3-5-12(13)14/h3-6,9-11,16H,7-8H2,1-2H3.